The Labute approximate surface area is 122 Å². The first kappa shape index (κ1) is 15.1. The number of hydrogen-bond acceptors (Lipinski definition) is 2. The maximum absolute atomic E-state index is 11.9. The molecular formula is C18H26O2. The van der Waals surface area contributed by atoms with E-state index in [2.05, 4.69) is 6.92 Å². The van der Waals surface area contributed by atoms with E-state index >= 15 is 0 Å². The van der Waals surface area contributed by atoms with Gasteiger partial charge in [0.25, 0.3) is 0 Å². The second kappa shape index (κ2) is 8.08. The molecule has 2 heteroatoms. The van der Waals surface area contributed by atoms with Crippen molar-refractivity contribution in [2.45, 2.75) is 64.7 Å². The number of carbonyl (C=O) groups is 1. The molecule has 20 heavy (non-hydrogen) atoms. The second-order valence-corrected chi connectivity index (χ2v) is 5.68. The van der Waals surface area contributed by atoms with Crippen LogP contribution in [0.4, 0.5) is 0 Å². The smallest absolute Gasteiger partial charge is 0.163 e. The van der Waals surface area contributed by atoms with E-state index in [1.807, 2.05) is 18.2 Å². The summed E-state index contributed by atoms with van der Waals surface area (Å²) in [6, 6.07) is 5.89. The first-order chi connectivity index (χ1) is 9.83. The van der Waals surface area contributed by atoms with E-state index in [9.17, 15) is 4.79 Å². The minimum absolute atomic E-state index is 0.274. The highest BCUT2D eigenvalue weighted by molar-refractivity contribution is 5.99. The van der Waals surface area contributed by atoms with Crippen LogP contribution in [0.5, 0.6) is 5.75 Å². The van der Waals surface area contributed by atoms with Gasteiger partial charge in [0.05, 0.1) is 6.61 Å². The Morgan fingerprint density at radius 2 is 1.85 bits per heavy atom. The van der Waals surface area contributed by atoms with Crippen LogP contribution in [0.15, 0.2) is 18.2 Å². The number of fused-ring (bicyclic) bond motifs is 1. The van der Waals surface area contributed by atoms with Gasteiger partial charge in [-0.3, -0.25) is 4.79 Å². The normalized spacial score (nSPS) is 14.2. The van der Waals surface area contributed by atoms with Crippen LogP contribution in [-0.4, -0.2) is 12.4 Å². The minimum Gasteiger partial charge on any atom is -0.493 e. The predicted octanol–water partition coefficient (Wildman–Crippen LogP) is 4.94. The summed E-state index contributed by atoms with van der Waals surface area (Å²) in [6.07, 6.45) is 10.3. The molecule has 0 radical (unpaired) electrons. The Bertz CT molecular complexity index is 437. The summed E-state index contributed by atoms with van der Waals surface area (Å²) in [5.41, 5.74) is 2.02. The highest BCUT2D eigenvalue weighted by atomic mass is 16.5. The molecule has 0 amide bonds. The third-order valence-electron chi connectivity index (χ3n) is 4.02. The van der Waals surface area contributed by atoms with Gasteiger partial charge in [-0.1, -0.05) is 51.2 Å². The average Bonchev–Trinajstić information content (AvgIpc) is 2.47. The summed E-state index contributed by atoms with van der Waals surface area (Å²) in [4.78, 5) is 11.9. The Kier molecular flexibility index (Phi) is 6.10. The number of unbranched alkanes of at least 4 members (excludes halogenated alkanes) is 5. The van der Waals surface area contributed by atoms with E-state index in [1.54, 1.807) is 0 Å². The molecule has 0 atom stereocenters. The monoisotopic (exact) mass is 274 g/mol. The van der Waals surface area contributed by atoms with Gasteiger partial charge in [0.15, 0.2) is 5.78 Å². The number of carbonyl (C=O) groups excluding carboxylic acids is 1. The van der Waals surface area contributed by atoms with Gasteiger partial charge >= 0.3 is 0 Å². The Morgan fingerprint density at radius 1 is 1.05 bits per heavy atom. The van der Waals surface area contributed by atoms with Crippen molar-refractivity contribution in [2.75, 3.05) is 6.61 Å². The van der Waals surface area contributed by atoms with Gasteiger partial charge in [-0.05, 0) is 25.3 Å². The molecule has 0 aromatic heterocycles. The molecule has 2 rings (SSSR count). The number of benzene rings is 1. The van der Waals surface area contributed by atoms with E-state index in [4.69, 9.17) is 4.74 Å². The number of ketones is 1. The molecule has 0 heterocycles. The van der Waals surface area contributed by atoms with Crippen molar-refractivity contribution in [3.05, 3.63) is 29.3 Å². The Hall–Kier alpha value is -1.31. The summed E-state index contributed by atoms with van der Waals surface area (Å²) >= 11 is 0. The van der Waals surface area contributed by atoms with Crippen LogP contribution in [0.2, 0.25) is 0 Å². The summed E-state index contributed by atoms with van der Waals surface area (Å²) < 4.78 is 5.91. The van der Waals surface area contributed by atoms with E-state index in [-0.39, 0.29) is 5.78 Å². The van der Waals surface area contributed by atoms with Gasteiger partial charge in [-0.25, -0.2) is 0 Å². The minimum atomic E-state index is 0.274. The quantitative estimate of drug-likeness (QED) is 0.627. The lowest BCUT2D eigenvalue weighted by atomic mass is 9.90. The zero-order valence-electron chi connectivity index (χ0n) is 12.6. The predicted molar refractivity (Wildman–Crippen MR) is 82.6 cm³/mol. The van der Waals surface area contributed by atoms with Crippen molar-refractivity contribution in [2.24, 2.45) is 0 Å². The van der Waals surface area contributed by atoms with Crippen molar-refractivity contribution >= 4 is 5.78 Å². The highest BCUT2D eigenvalue weighted by Crippen LogP contribution is 2.29. The van der Waals surface area contributed by atoms with Crippen LogP contribution in [-0.2, 0) is 6.42 Å². The van der Waals surface area contributed by atoms with Crippen molar-refractivity contribution in [3.8, 4) is 5.75 Å². The largest absolute Gasteiger partial charge is 0.493 e. The molecule has 0 spiro atoms. The fraction of sp³-hybridized carbons (Fsp3) is 0.611. The van der Waals surface area contributed by atoms with E-state index < -0.39 is 0 Å². The lowest BCUT2D eigenvalue weighted by Gasteiger charge is -2.18. The molecule has 110 valence electrons. The molecule has 0 N–H and O–H groups in total. The fourth-order valence-corrected chi connectivity index (χ4v) is 2.84. The standard InChI is InChI=1S/C18H26O2/c1-2-3-4-5-6-7-14-20-18-13-9-10-15-16(18)11-8-12-17(15)19/h9-10,13H,2-8,11-12,14H2,1H3. The lowest BCUT2D eigenvalue weighted by molar-refractivity contribution is 0.0971. The summed E-state index contributed by atoms with van der Waals surface area (Å²) in [6.45, 7) is 3.01. The lowest BCUT2D eigenvalue weighted by Crippen LogP contribution is -2.12. The van der Waals surface area contributed by atoms with E-state index in [1.165, 1.54) is 32.1 Å². The average molecular weight is 274 g/mol. The molecule has 0 saturated heterocycles. The zero-order valence-corrected chi connectivity index (χ0v) is 12.6. The molecule has 0 fully saturated rings. The summed E-state index contributed by atoms with van der Waals surface area (Å²) in [5, 5.41) is 0. The molecule has 1 aliphatic rings. The van der Waals surface area contributed by atoms with Crippen molar-refractivity contribution in [3.63, 3.8) is 0 Å². The topological polar surface area (TPSA) is 26.3 Å². The molecule has 0 aliphatic heterocycles. The van der Waals surface area contributed by atoms with Crippen LogP contribution >= 0.6 is 0 Å². The molecule has 1 aromatic carbocycles. The molecule has 2 nitrogen and oxygen atoms in total. The maximum atomic E-state index is 11.9. The van der Waals surface area contributed by atoms with Gasteiger partial charge < -0.3 is 4.74 Å². The SMILES string of the molecule is CCCCCCCCOc1cccc2c1CCCC2=O. The third kappa shape index (κ3) is 4.09. The van der Waals surface area contributed by atoms with Crippen molar-refractivity contribution < 1.29 is 9.53 Å². The molecule has 1 aliphatic carbocycles. The molecular weight excluding hydrogens is 248 g/mol. The number of hydrogen-bond donors (Lipinski definition) is 0. The fourth-order valence-electron chi connectivity index (χ4n) is 2.84. The third-order valence-corrected chi connectivity index (χ3v) is 4.02. The van der Waals surface area contributed by atoms with Gasteiger partial charge in [0.1, 0.15) is 5.75 Å². The molecule has 0 bridgehead atoms. The number of Topliss-reactive ketones (excluding diaryl/α,β-unsaturated/α-hetero) is 1. The van der Waals surface area contributed by atoms with Gasteiger partial charge in [0, 0.05) is 17.5 Å². The second-order valence-electron chi connectivity index (χ2n) is 5.68. The molecule has 0 unspecified atom stereocenters. The summed E-state index contributed by atoms with van der Waals surface area (Å²) in [7, 11) is 0. The van der Waals surface area contributed by atoms with Gasteiger partial charge in [0.2, 0.25) is 0 Å². The van der Waals surface area contributed by atoms with Crippen LogP contribution in [0, 0.1) is 0 Å². The highest BCUT2D eigenvalue weighted by Gasteiger charge is 2.19. The number of ether oxygens (including phenoxy) is 1. The van der Waals surface area contributed by atoms with Crippen LogP contribution in [0.3, 0.4) is 0 Å². The first-order valence-corrected chi connectivity index (χ1v) is 8.11. The Balaban J connectivity index is 1.79. The first-order valence-electron chi connectivity index (χ1n) is 8.11. The van der Waals surface area contributed by atoms with E-state index in [0.717, 1.165) is 42.7 Å². The zero-order chi connectivity index (χ0) is 14.2. The van der Waals surface area contributed by atoms with Crippen LogP contribution in [0.1, 0.15) is 74.2 Å². The molecule has 0 saturated carbocycles. The van der Waals surface area contributed by atoms with Crippen LogP contribution in [0.25, 0.3) is 0 Å². The summed E-state index contributed by atoms with van der Waals surface area (Å²) in [5.74, 6) is 1.21. The Morgan fingerprint density at radius 3 is 2.70 bits per heavy atom. The number of rotatable bonds is 8. The van der Waals surface area contributed by atoms with E-state index in [0.29, 0.717) is 6.42 Å². The molecule has 1 aromatic rings. The maximum Gasteiger partial charge on any atom is 0.163 e. The van der Waals surface area contributed by atoms with Gasteiger partial charge in [-0.15, -0.1) is 0 Å². The van der Waals surface area contributed by atoms with Crippen molar-refractivity contribution in [1.29, 1.82) is 0 Å². The van der Waals surface area contributed by atoms with Gasteiger partial charge in [-0.2, -0.15) is 0 Å². The van der Waals surface area contributed by atoms with Crippen molar-refractivity contribution in [1.82, 2.24) is 0 Å². The van der Waals surface area contributed by atoms with Crippen LogP contribution < -0.4 is 4.74 Å².